The molecule has 2 aromatic rings. The molecule has 6 nitrogen and oxygen atoms in total. The van der Waals surface area contributed by atoms with Crippen molar-refractivity contribution < 1.29 is 14.3 Å². The Hall–Kier alpha value is -1.80. The maximum absolute atomic E-state index is 12.2. The average molecular weight is 358 g/mol. The number of carbonyl (C=O) groups is 1. The molecule has 0 unspecified atom stereocenters. The summed E-state index contributed by atoms with van der Waals surface area (Å²) in [6.45, 7) is 0. The summed E-state index contributed by atoms with van der Waals surface area (Å²) in [6.07, 6.45) is 1.61. The fourth-order valence-electron chi connectivity index (χ4n) is 1.55. The van der Waals surface area contributed by atoms with Crippen molar-refractivity contribution in [3.63, 3.8) is 0 Å². The number of thiazole rings is 1. The van der Waals surface area contributed by atoms with Crippen LogP contribution in [0, 0.1) is 0 Å². The number of halogens is 1. The molecule has 0 fully saturated rings. The molecule has 0 atom stereocenters. The van der Waals surface area contributed by atoms with Crippen molar-refractivity contribution in [3.05, 3.63) is 27.7 Å². The van der Waals surface area contributed by atoms with Crippen LogP contribution in [0.1, 0.15) is 10.4 Å². The summed E-state index contributed by atoms with van der Waals surface area (Å²) < 4.78 is 11.1. The Labute approximate surface area is 128 Å². The molecule has 0 saturated heterocycles. The van der Waals surface area contributed by atoms with Gasteiger partial charge in [-0.3, -0.25) is 10.1 Å². The number of rotatable bonds is 4. The normalized spacial score (nSPS) is 10.2. The van der Waals surface area contributed by atoms with Gasteiger partial charge in [0.2, 0.25) is 0 Å². The number of amides is 1. The topological polar surface area (TPSA) is 86.5 Å². The predicted octanol–water partition coefficient (Wildman–Crippen LogP) is 2.76. The van der Waals surface area contributed by atoms with Crippen LogP contribution in [-0.4, -0.2) is 25.1 Å². The Bertz CT molecular complexity index is 645. The van der Waals surface area contributed by atoms with E-state index in [1.807, 2.05) is 0 Å². The summed E-state index contributed by atoms with van der Waals surface area (Å²) in [5, 5.41) is 3.14. The highest BCUT2D eigenvalue weighted by atomic mass is 79.9. The molecule has 20 heavy (non-hydrogen) atoms. The number of anilines is 2. The summed E-state index contributed by atoms with van der Waals surface area (Å²) in [6, 6.07) is 3.17. The van der Waals surface area contributed by atoms with Crippen molar-refractivity contribution in [2.24, 2.45) is 0 Å². The lowest BCUT2D eigenvalue weighted by Crippen LogP contribution is -2.14. The largest absolute Gasteiger partial charge is 0.497 e. The van der Waals surface area contributed by atoms with E-state index in [2.05, 4.69) is 26.2 Å². The molecule has 0 aliphatic rings. The van der Waals surface area contributed by atoms with Gasteiger partial charge in [-0.1, -0.05) is 11.3 Å². The summed E-state index contributed by atoms with van der Waals surface area (Å²) in [5.74, 6) is 0.498. The summed E-state index contributed by atoms with van der Waals surface area (Å²) in [5.41, 5.74) is 6.43. The van der Waals surface area contributed by atoms with Gasteiger partial charge in [-0.15, -0.1) is 0 Å². The monoisotopic (exact) mass is 357 g/mol. The van der Waals surface area contributed by atoms with Crippen molar-refractivity contribution in [1.29, 1.82) is 0 Å². The molecular weight excluding hydrogens is 346 g/mol. The van der Waals surface area contributed by atoms with E-state index >= 15 is 0 Å². The fourth-order valence-corrected chi connectivity index (χ4v) is 2.65. The molecule has 0 radical (unpaired) electrons. The van der Waals surface area contributed by atoms with Crippen LogP contribution in [-0.2, 0) is 0 Å². The van der Waals surface area contributed by atoms with Gasteiger partial charge in [-0.05, 0) is 22.0 Å². The van der Waals surface area contributed by atoms with Crippen LogP contribution >= 0.6 is 27.3 Å². The number of nitrogen functional groups attached to an aromatic ring is 1. The van der Waals surface area contributed by atoms with Gasteiger partial charge in [-0.2, -0.15) is 0 Å². The maximum Gasteiger partial charge on any atom is 0.259 e. The molecule has 1 aromatic heterocycles. The molecule has 1 aromatic carbocycles. The first-order valence-corrected chi connectivity index (χ1v) is 7.10. The molecule has 0 aliphatic carbocycles. The van der Waals surface area contributed by atoms with E-state index < -0.39 is 0 Å². The minimum Gasteiger partial charge on any atom is -0.497 e. The van der Waals surface area contributed by atoms with E-state index in [1.165, 1.54) is 25.6 Å². The number of hydrogen-bond acceptors (Lipinski definition) is 6. The smallest absolute Gasteiger partial charge is 0.259 e. The first-order valence-electron chi connectivity index (χ1n) is 5.49. The highest BCUT2D eigenvalue weighted by Crippen LogP contribution is 2.32. The van der Waals surface area contributed by atoms with Gasteiger partial charge in [0.05, 0.1) is 35.5 Å². The lowest BCUT2D eigenvalue weighted by molar-refractivity contribution is 0.102. The first-order chi connectivity index (χ1) is 9.55. The van der Waals surface area contributed by atoms with Crippen LogP contribution in [0.15, 0.2) is 22.1 Å². The molecule has 2 rings (SSSR count). The second kappa shape index (κ2) is 6.10. The number of benzene rings is 1. The third kappa shape index (κ3) is 3.02. The number of ether oxygens (including phenoxy) is 2. The average Bonchev–Trinajstić information content (AvgIpc) is 2.84. The zero-order valence-corrected chi connectivity index (χ0v) is 13.2. The van der Waals surface area contributed by atoms with Gasteiger partial charge < -0.3 is 15.2 Å². The number of aromatic nitrogens is 1. The molecule has 0 bridgehead atoms. The van der Waals surface area contributed by atoms with Crippen molar-refractivity contribution >= 4 is 44.0 Å². The van der Waals surface area contributed by atoms with Crippen molar-refractivity contribution in [1.82, 2.24) is 4.98 Å². The third-order valence-corrected chi connectivity index (χ3v) is 3.91. The molecule has 1 heterocycles. The second-order valence-electron chi connectivity index (χ2n) is 3.71. The number of hydrogen-bond donors (Lipinski definition) is 2. The van der Waals surface area contributed by atoms with Crippen LogP contribution in [0.5, 0.6) is 11.5 Å². The SMILES string of the molecule is COc1cc(OC)c(N)c(C(=O)Nc2ncc(Br)s2)c1. The highest BCUT2D eigenvalue weighted by molar-refractivity contribution is 9.11. The molecule has 3 N–H and O–H groups in total. The van der Waals surface area contributed by atoms with E-state index in [1.54, 1.807) is 18.3 Å². The van der Waals surface area contributed by atoms with Crippen molar-refractivity contribution in [2.75, 3.05) is 25.3 Å². The molecule has 1 amide bonds. The lowest BCUT2D eigenvalue weighted by Gasteiger charge is -2.12. The van der Waals surface area contributed by atoms with Gasteiger partial charge >= 0.3 is 0 Å². The van der Waals surface area contributed by atoms with Crippen molar-refractivity contribution in [2.45, 2.75) is 0 Å². The summed E-state index contributed by atoms with van der Waals surface area (Å²) in [4.78, 5) is 16.3. The minimum absolute atomic E-state index is 0.251. The Balaban J connectivity index is 2.33. The number of methoxy groups -OCH3 is 2. The van der Waals surface area contributed by atoms with Gasteiger partial charge in [-0.25, -0.2) is 4.98 Å². The number of nitrogens with one attached hydrogen (secondary N) is 1. The third-order valence-electron chi connectivity index (χ3n) is 2.51. The van der Waals surface area contributed by atoms with E-state index in [4.69, 9.17) is 15.2 Å². The van der Waals surface area contributed by atoms with Crippen LogP contribution in [0.2, 0.25) is 0 Å². The van der Waals surface area contributed by atoms with Crippen LogP contribution in [0.3, 0.4) is 0 Å². The van der Waals surface area contributed by atoms with Crippen molar-refractivity contribution in [3.8, 4) is 11.5 Å². The molecule has 8 heteroatoms. The summed E-state index contributed by atoms with van der Waals surface area (Å²) in [7, 11) is 2.98. The van der Waals surface area contributed by atoms with E-state index in [9.17, 15) is 4.79 Å². The molecule has 0 saturated carbocycles. The lowest BCUT2D eigenvalue weighted by atomic mass is 10.1. The minimum atomic E-state index is -0.374. The Morgan fingerprint density at radius 3 is 2.70 bits per heavy atom. The zero-order chi connectivity index (χ0) is 14.7. The van der Waals surface area contributed by atoms with Crippen LogP contribution in [0.25, 0.3) is 0 Å². The Morgan fingerprint density at radius 1 is 1.40 bits per heavy atom. The second-order valence-corrected chi connectivity index (χ2v) is 6.12. The van der Waals surface area contributed by atoms with Crippen LogP contribution < -0.4 is 20.5 Å². The van der Waals surface area contributed by atoms with Gasteiger partial charge in [0, 0.05) is 6.07 Å². The standard InChI is InChI=1S/C12H12BrN3O3S/c1-18-6-3-7(10(14)8(4-6)19-2)11(17)16-12-15-5-9(13)20-12/h3-5H,14H2,1-2H3,(H,15,16,17). The highest BCUT2D eigenvalue weighted by Gasteiger charge is 2.17. The summed E-state index contributed by atoms with van der Waals surface area (Å²) >= 11 is 4.59. The van der Waals surface area contributed by atoms with E-state index in [0.29, 0.717) is 16.6 Å². The van der Waals surface area contributed by atoms with Gasteiger partial charge in [0.15, 0.2) is 5.13 Å². The predicted molar refractivity (Wildman–Crippen MR) is 81.7 cm³/mol. The molecule has 0 aliphatic heterocycles. The van der Waals surface area contributed by atoms with Gasteiger partial charge in [0.25, 0.3) is 5.91 Å². The number of nitrogens with zero attached hydrogens (tertiary/aromatic N) is 1. The number of nitrogens with two attached hydrogens (primary N) is 1. The van der Waals surface area contributed by atoms with Crippen LogP contribution in [0.4, 0.5) is 10.8 Å². The molecule has 106 valence electrons. The fraction of sp³-hybridized carbons (Fsp3) is 0.167. The zero-order valence-electron chi connectivity index (χ0n) is 10.8. The number of carbonyl (C=O) groups excluding carboxylic acids is 1. The first kappa shape index (κ1) is 14.6. The Kier molecular flexibility index (Phi) is 4.46. The van der Waals surface area contributed by atoms with E-state index in [-0.39, 0.29) is 17.2 Å². The Morgan fingerprint density at radius 2 is 2.15 bits per heavy atom. The molecule has 0 spiro atoms. The molecular formula is C12H12BrN3O3S. The van der Waals surface area contributed by atoms with Gasteiger partial charge in [0.1, 0.15) is 11.5 Å². The quantitative estimate of drug-likeness (QED) is 0.821. The van der Waals surface area contributed by atoms with E-state index in [0.717, 1.165) is 3.79 Å². The maximum atomic E-state index is 12.2.